The van der Waals surface area contributed by atoms with E-state index in [-0.39, 0.29) is 0 Å². The zero-order valence-electron chi connectivity index (χ0n) is 16.2. The predicted octanol–water partition coefficient (Wildman–Crippen LogP) is 3.28. The van der Waals surface area contributed by atoms with Gasteiger partial charge in [-0.1, -0.05) is 30.3 Å². The van der Waals surface area contributed by atoms with Crippen LogP contribution >= 0.6 is 0 Å². The van der Waals surface area contributed by atoms with E-state index in [4.69, 9.17) is 0 Å². The van der Waals surface area contributed by atoms with Gasteiger partial charge < -0.3 is 10.4 Å². The lowest BCUT2D eigenvalue weighted by Gasteiger charge is -2.14. The standard InChI is InChI=1S/C23H24N4O2/c28-23(29)22-18-8-7-16-14-24-11-9-17(16)21(18)26-27(22)12-4-10-25-20-13-19(20)15-5-2-1-3-6-15/h1-3,5-6,9,11,14,19-20,25H,4,7-8,10,12-13H2,(H,28,29)/t19-,20+/m0/s1. The highest BCUT2D eigenvalue weighted by Crippen LogP contribution is 2.40. The van der Waals surface area contributed by atoms with E-state index in [2.05, 4.69) is 39.7 Å². The molecule has 0 saturated heterocycles. The SMILES string of the molecule is O=C(O)c1c2c(nn1CCCN[C@@H]1C[C@H]1c1ccccc1)-c1ccncc1CC2. The molecule has 6 heteroatoms. The van der Waals surface area contributed by atoms with Crippen LogP contribution in [-0.2, 0) is 19.4 Å². The summed E-state index contributed by atoms with van der Waals surface area (Å²) in [7, 11) is 0. The number of carboxylic acids is 1. The van der Waals surface area contributed by atoms with Crippen LogP contribution in [0.15, 0.2) is 48.8 Å². The third kappa shape index (κ3) is 3.44. The van der Waals surface area contributed by atoms with Gasteiger partial charge in [0, 0.05) is 42.0 Å². The smallest absolute Gasteiger partial charge is 0.354 e. The first-order valence-corrected chi connectivity index (χ1v) is 10.3. The number of carboxylic acid groups (broad SMARTS) is 1. The summed E-state index contributed by atoms with van der Waals surface area (Å²) < 4.78 is 1.69. The maximum Gasteiger partial charge on any atom is 0.354 e. The second kappa shape index (κ2) is 7.44. The van der Waals surface area contributed by atoms with E-state index in [1.165, 1.54) is 12.0 Å². The Morgan fingerprint density at radius 3 is 2.90 bits per heavy atom. The lowest BCUT2D eigenvalue weighted by atomic mass is 9.90. The first-order chi connectivity index (χ1) is 14.2. The van der Waals surface area contributed by atoms with Gasteiger partial charge >= 0.3 is 5.97 Å². The molecule has 0 spiro atoms. The molecule has 0 bridgehead atoms. The molecule has 0 unspecified atom stereocenters. The monoisotopic (exact) mass is 388 g/mol. The molecule has 6 nitrogen and oxygen atoms in total. The van der Waals surface area contributed by atoms with Crippen LogP contribution in [0.1, 0.15) is 45.9 Å². The molecule has 0 amide bonds. The number of benzene rings is 1. The maximum atomic E-state index is 11.9. The van der Waals surface area contributed by atoms with Gasteiger partial charge in [0.2, 0.25) is 0 Å². The summed E-state index contributed by atoms with van der Waals surface area (Å²) in [6.07, 6.45) is 7.14. The lowest BCUT2D eigenvalue weighted by molar-refractivity contribution is 0.0681. The summed E-state index contributed by atoms with van der Waals surface area (Å²) >= 11 is 0. The Kier molecular flexibility index (Phi) is 4.64. The van der Waals surface area contributed by atoms with Crippen molar-refractivity contribution in [3.8, 4) is 11.3 Å². The number of hydrogen-bond acceptors (Lipinski definition) is 4. The first kappa shape index (κ1) is 18.1. The van der Waals surface area contributed by atoms with E-state index in [0.29, 0.717) is 30.6 Å². The summed E-state index contributed by atoms with van der Waals surface area (Å²) in [4.78, 5) is 16.1. The zero-order chi connectivity index (χ0) is 19.8. The molecule has 3 aromatic rings. The minimum Gasteiger partial charge on any atom is -0.477 e. The minimum absolute atomic E-state index is 0.344. The highest BCUT2D eigenvalue weighted by Gasteiger charge is 2.37. The Morgan fingerprint density at radius 2 is 2.07 bits per heavy atom. The van der Waals surface area contributed by atoms with Gasteiger partial charge in [-0.3, -0.25) is 9.67 Å². The van der Waals surface area contributed by atoms with Crippen molar-refractivity contribution in [2.75, 3.05) is 6.54 Å². The van der Waals surface area contributed by atoms with Crippen molar-refractivity contribution < 1.29 is 9.90 Å². The van der Waals surface area contributed by atoms with Crippen molar-refractivity contribution in [3.05, 3.63) is 71.2 Å². The number of aromatic nitrogens is 3. The van der Waals surface area contributed by atoms with Crippen molar-refractivity contribution in [2.24, 2.45) is 0 Å². The van der Waals surface area contributed by atoms with Crippen LogP contribution < -0.4 is 5.32 Å². The van der Waals surface area contributed by atoms with Crippen molar-refractivity contribution in [3.63, 3.8) is 0 Å². The van der Waals surface area contributed by atoms with Gasteiger partial charge in [0.15, 0.2) is 0 Å². The van der Waals surface area contributed by atoms with Gasteiger partial charge in [0.05, 0.1) is 5.69 Å². The molecule has 29 heavy (non-hydrogen) atoms. The van der Waals surface area contributed by atoms with E-state index in [0.717, 1.165) is 41.8 Å². The average Bonchev–Trinajstić information content (AvgIpc) is 3.42. The van der Waals surface area contributed by atoms with Crippen LogP contribution in [0.3, 0.4) is 0 Å². The maximum absolute atomic E-state index is 11.9. The Hall–Kier alpha value is -2.99. The Balaban J connectivity index is 1.24. The Bertz CT molecular complexity index is 1040. The number of aromatic carboxylic acids is 1. The van der Waals surface area contributed by atoms with E-state index in [9.17, 15) is 9.90 Å². The number of nitrogens with zero attached hydrogens (tertiary/aromatic N) is 3. The average molecular weight is 388 g/mol. The van der Waals surface area contributed by atoms with Crippen molar-refractivity contribution in [1.82, 2.24) is 20.1 Å². The number of nitrogens with one attached hydrogen (secondary N) is 1. The molecule has 0 aliphatic heterocycles. The number of fused-ring (bicyclic) bond motifs is 3. The quantitative estimate of drug-likeness (QED) is 0.607. The molecule has 1 aromatic carbocycles. The van der Waals surface area contributed by atoms with Gasteiger partial charge in [0.25, 0.3) is 0 Å². The van der Waals surface area contributed by atoms with Gasteiger partial charge in [0.1, 0.15) is 5.69 Å². The molecule has 5 rings (SSSR count). The highest BCUT2D eigenvalue weighted by atomic mass is 16.4. The van der Waals surface area contributed by atoms with E-state index in [1.54, 1.807) is 10.9 Å². The normalized spacial score (nSPS) is 19.4. The van der Waals surface area contributed by atoms with Gasteiger partial charge in [-0.2, -0.15) is 5.10 Å². The number of aryl methyl sites for hydroxylation is 2. The molecule has 2 aromatic heterocycles. The van der Waals surface area contributed by atoms with Crippen LogP contribution in [0.2, 0.25) is 0 Å². The van der Waals surface area contributed by atoms with Gasteiger partial charge in [-0.25, -0.2) is 4.79 Å². The largest absolute Gasteiger partial charge is 0.477 e. The number of carbonyl (C=O) groups is 1. The fourth-order valence-electron chi connectivity index (χ4n) is 4.48. The van der Waals surface area contributed by atoms with Crippen LogP contribution in [0.4, 0.5) is 0 Å². The third-order valence-electron chi connectivity index (χ3n) is 6.03. The molecule has 2 atom stereocenters. The van der Waals surface area contributed by atoms with Gasteiger partial charge in [-0.05, 0) is 49.4 Å². The molecule has 2 N–H and O–H groups in total. The fourth-order valence-corrected chi connectivity index (χ4v) is 4.48. The second-order valence-corrected chi connectivity index (χ2v) is 7.90. The molecular formula is C23H24N4O2. The van der Waals surface area contributed by atoms with E-state index >= 15 is 0 Å². The molecule has 1 saturated carbocycles. The number of rotatable bonds is 7. The second-order valence-electron chi connectivity index (χ2n) is 7.90. The summed E-state index contributed by atoms with van der Waals surface area (Å²) in [5.41, 5.74) is 5.57. The summed E-state index contributed by atoms with van der Waals surface area (Å²) in [6.45, 7) is 1.46. The van der Waals surface area contributed by atoms with Gasteiger partial charge in [-0.15, -0.1) is 0 Å². The topological polar surface area (TPSA) is 80.0 Å². The summed E-state index contributed by atoms with van der Waals surface area (Å²) in [5, 5.41) is 18.1. The summed E-state index contributed by atoms with van der Waals surface area (Å²) in [5.74, 6) is -0.288. The molecule has 2 aliphatic rings. The first-order valence-electron chi connectivity index (χ1n) is 10.3. The predicted molar refractivity (Wildman–Crippen MR) is 110 cm³/mol. The van der Waals surface area contributed by atoms with Crippen LogP contribution in [0.5, 0.6) is 0 Å². The van der Waals surface area contributed by atoms with Crippen LogP contribution in [0, 0.1) is 0 Å². The van der Waals surface area contributed by atoms with Crippen molar-refractivity contribution in [2.45, 2.75) is 44.2 Å². The Morgan fingerprint density at radius 1 is 1.21 bits per heavy atom. The molecule has 0 radical (unpaired) electrons. The van der Waals surface area contributed by atoms with E-state index in [1.807, 2.05) is 18.3 Å². The van der Waals surface area contributed by atoms with E-state index < -0.39 is 5.97 Å². The number of hydrogen-bond donors (Lipinski definition) is 2. The third-order valence-corrected chi connectivity index (χ3v) is 6.03. The molecular weight excluding hydrogens is 364 g/mol. The van der Waals surface area contributed by atoms with Crippen molar-refractivity contribution >= 4 is 5.97 Å². The molecule has 2 aliphatic carbocycles. The number of pyridine rings is 1. The molecule has 148 valence electrons. The van der Waals surface area contributed by atoms with Crippen LogP contribution in [-0.4, -0.2) is 38.4 Å². The Labute approximate surface area is 169 Å². The summed E-state index contributed by atoms with van der Waals surface area (Å²) in [6, 6.07) is 13.1. The van der Waals surface area contributed by atoms with Crippen molar-refractivity contribution in [1.29, 1.82) is 0 Å². The van der Waals surface area contributed by atoms with Crippen LogP contribution in [0.25, 0.3) is 11.3 Å². The molecule has 2 heterocycles. The zero-order valence-corrected chi connectivity index (χ0v) is 16.2. The highest BCUT2D eigenvalue weighted by molar-refractivity contribution is 5.90. The fraction of sp³-hybridized carbons (Fsp3) is 0.348. The lowest BCUT2D eigenvalue weighted by Crippen LogP contribution is -2.21. The molecule has 1 fully saturated rings. The minimum atomic E-state index is -0.893.